The second-order valence-electron chi connectivity index (χ2n) is 23.9. The van der Waals surface area contributed by atoms with Crippen LogP contribution in [0.15, 0.2) is 206 Å². The van der Waals surface area contributed by atoms with Crippen LogP contribution in [-0.4, -0.2) is 66.8 Å². The average Bonchev–Trinajstić information content (AvgIpc) is 2.74. The Balaban J connectivity index is 0.912. The topological polar surface area (TPSA) is 24.5 Å². The molecule has 0 bridgehead atoms. The Morgan fingerprint density at radius 3 is 1.02 bits per heavy atom. The zero-order valence-electron chi connectivity index (χ0n) is 48.3. The Bertz CT molecular complexity index is 3230. The summed E-state index contributed by atoms with van der Waals surface area (Å²) >= 11 is -6.24. The van der Waals surface area contributed by atoms with Crippen molar-refractivity contribution in [2.45, 2.75) is 158 Å². The molecule has 0 aromatic heterocycles. The number of unbranched alkanes of at least 4 members (excludes halogenated alkanes) is 6. The molecule has 3 unspecified atom stereocenters. The molecule has 4 nitrogen and oxygen atoms in total. The SMILES string of the molecule is CCCCCc1cc2c(c(CCCCC)c1)OC13Oc4c(cc(CCCC[AsH](c5ccccc5)(c5ccccc5)c5ccccc5)cc4CCCC[AsH](c4ccccc4)(c4ccccc4)c4ccccc4)C=[N+]1C1CCCCC1[N+]3=C2. The molecule has 0 amide bonds. The number of hydrogen-bond donors (Lipinski definition) is 0. The summed E-state index contributed by atoms with van der Waals surface area (Å²) in [6.45, 7) is 4.62. The van der Waals surface area contributed by atoms with Gasteiger partial charge in [-0.25, -0.2) is 0 Å². The molecule has 416 valence electrons. The fourth-order valence-corrected chi connectivity index (χ4v) is 35.6. The van der Waals surface area contributed by atoms with E-state index in [0.29, 0.717) is 12.1 Å². The van der Waals surface area contributed by atoms with Gasteiger partial charge in [-0.15, -0.1) is 0 Å². The number of rotatable bonds is 24. The van der Waals surface area contributed by atoms with E-state index in [-0.39, 0.29) is 0 Å². The molecular weight excluding hydrogens is 1110 g/mol. The van der Waals surface area contributed by atoms with Crippen LogP contribution < -0.4 is 35.6 Å². The molecule has 1 spiro atoms. The van der Waals surface area contributed by atoms with E-state index in [1.165, 1.54) is 115 Å². The summed E-state index contributed by atoms with van der Waals surface area (Å²) in [6.07, 6.45) is 25.6. The molecule has 1 saturated heterocycles. The Morgan fingerprint density at radius 2 is 0.691 bits per heavy atom. The average molecular weight is 1200 g/mol. The third-order valence-corrected chi connectivity index (χ3v) is 40.1. The standard InChI is InChI=1S/C75H86As2N2O2/c1-3-5-13-33-59-53-61(35-14-6-4-2)73-63(55-59)57-78-71-49-27-28-50-72(71)79-58-64-56-60(34-29-31-51-76(65-37-15-7-16-38-65,66-39-17-8-18-40-66)67-41-19-9-20-42-67)54-62(74(64)81-75(78,79)80-73)36-30-32-52-77(68-43-21-10-22-44-68,69-45-23-11-24-46-69)70-47-25-12-26-48-70/h7-12,15-26,37-48,53-58,71-72,76-77H,3-6,13-14,27-36,49-52H2,1-2H3/q+2. The first-order valence-electron chi connectivity index (χ1n) is 31.3. The molecule has 3 aliphatic heterocycles. The van der Waals surface area contributed by atoms with Crippen molar-refractivity contribution in [3.63, 3.8) is 0 Å². The summed E-state index contributed by atoms with van der Waals surface area (Å²) in [5.41, 5.74) is 8.01. The second kappa shape index (κ2) is 25.5. The van der Waals surface area contributed by atoms with E-state index in [2.05, 4.69) is 242 Å². The van der Waals surface area contributed by atoms with Crippen LogP contribution in [0.2, 0.25) is 10.4 Å². The number of hydrogen-bond acceptors (Lipinski definition) is 2. The van der Waals surface area contributed by atoms with Crippen LogP contribution in [0.25, 0.3) is 0 Å². The van der Waals surface area contributed by atoms with Gasteiger partial charge >= 0.3 is 429 Å². The Hall–Kier alpha value is -6.18. The Labute approximate surface area is 489 Å². The van der Waals surface area contributed by atoms with Crippen molar-refractivity contribution in [1.29, 1.82) is 0 Å². The summed E-state index contributed by atoms with van der Waals surface area (Å²) in [5, 5.41) is 2.38. The van der Waals surface area contributed by atoms with Crippen molar-refractivity contribution in [3.05, 3.63) is 240 Å². The van der Waals surface area contributed by atoms with Crippen LogP contribution in [0.4, 0.5) is 0 Å². The molecule has 4 aliphatic rings. The van der Waals surface area contributed by atoms with E-state index >= 15 is 0 Å². The van der Waals surface area contributed by atoms with Crippen LogP contribution in [0, 0.1) is 0 Å². The Kier molecular flexibility index (Phi) is 17.4. The van der Waals surface area contributed by atoms with Crippen LogP contribution in [0.1, 0.15) is 137 Å². The molecule has 8 aromatic rings. The van der Waals surface area contributed by atoms with Gasteiger partial charge in [0.1, 0.15) is 0 Å². The first-order chi connectivity index (χ1) is 40.0. The molecule has 6 heteroatoms. The molecule has 1 saturated carbocycles. The first kappa shape index (κ1) is 55.4. The van der Waals surface area contributed by atoms with Gasteiger partial charge in [-0.05, 0) is 24.8 Å². The number of benzene rings is 8. The van der Waals surface area contributed by atoms with Crippen molar-refractivity contribution in [3.8, 4) is 11.5 Å². The molecule has 8 aromatic carbocycles. The van der Waals surface area contributed by atoms with Crippen LogP contribution in [0.3, 0.4) is 0 Å². The van der Waals surface area contributed by atoms with E-state index in [9.17, 15) is 0 Å². The number of ether oxygens (including phenoxy) is 2. The first-order valence-corrected chi connectivity index (χ1v) is 40.6. The summed E-state index contributed by atoms with van der Waals surface area (Å²) in [4.78, 5) is 0. The zero-order valence-corrected chi connectivity index (χ0v) is 52.5. The van der Waals surface area contributed by atoms with Crippen molar-refractivity contribution in [1.82, 2.24) is 0 Å². The fraction of sp³-hybridized carbons (Fsp3) is 0.333. The van der Waals surface area contributed by atoms with Gasteiger partial charge in [0, 0.05) is 0 Å². The van der Waals surface area contributed by atoms with E-state index < -0.39 is 33.1 Å². The van der Waals surface area contributed by atoms with Gasteiger partial charge in [0.25, 0.3) is 0 Å². The molecule has 3 heterocycles. The van der Waals surface area contributed by atoms with Gasteiger partial charge in [0.15, 0.2) is 0 Å². The van der Waals surface area contributed by atoms with Gasteiger partial charge in [-0.2, -0.15) is 0 Å². The van der Waals surface area contributed by atoms with Crippen LogP contribution >= 0.6 is 0 Å². The molecule has 3 atom stereocenters. The van der Waals surface area contributed by atoms with E-state index in [0.717, 1.165) is 82.1 Å². The zero-order chi connectivity index (χ0) is 54.9. The van der Waals surface area contributed by atoms with Gasteiger partial charge in [0.2, 0.25) is 0 Å². The third kappa shape index (κ3) is 11.1. The van der Waals surface area contributed by atoms with Crippen LogP contribution in [0.5, 0.6) is 11.5 Å². The molecule has 0 radical (unpaired) electrons. The predicted octanol–water partition coefficient (Wildman–Crippen LogP) is 12.9. The van der Waals surface area contributed by atoms with Crippen molar-refractivity contribution in [2.24, 2.45) is 0 Å². The number of aryl methyl sites for hydroxylation is 4. The summed E-state index contributed by atoms with van der Waals surface area (Å²) in [5.74, 6) is 2.06. The Morgan fingerprint density at radius 1 is 0.383 bits per heavy atom. The third-order valence-electron chi connectivity index (χ3n) is 18.8. The van der Waals surface area contributed by atoms with Gasteiger partial charge in [0.05, 0.1) is 0 Å². The molecule has 0 N–H and O–H groups in total. The quantitative estimate of drug-likeness (QED) is 0.0342. The maximum atomic E-state index is 7.88. The van der Waals surface area contributed by atoms with E-state index in [1.54, 1.807) is 0 Å². The van der Waals surface area contributed by atoms with Crippen molar-refractivity contribution >= 4 is 65.6 Å². The van der Waals surface area contributed by atoms with Gasteiger partial charge < -0.3 is 0 Å². The normalized spacial score (nSPS) is 18.4. The number of fused-ring (bicyclic) bond motifs is 5. The monoisotopic (exact) mass is 1200 g/mol. The predicted molar refractivity (Wildman–Crippen MR) is 346 cm³/mol. The molecule has 12 rings (SSSR count). The van der Waals surface area contributed by atoms with Crippen LogP contribution in [-0.2, 0) is 25.7 Å². The van der Waals surface area contributed by atoms with Crippen molar-refractivity contribution in [2.75, 3.05) is 0 Å². The molecule has 1 aliphatic carbocycles. The van der Waals surface area contributed by atoms with Gasteiger partial charge in [-0.3, -0.25) is 0 Å². The molecule has 2 fully saturated rings. The van der Waals surface area contributed by atoms with E-state index in [4.69, 9.17) is 9.47 Å². The minimum atomic E-state index is -3.15. The van der Waals surface area contributed by atoms with E-state index in [1.807, 2.05) is 0 Å². The van der Waals surface area contributed by atoms with Gasteiger partial charge in [-0.1, -0.05) is 39.5 Å². The van der Waals surface area contributed by atoms with Crippen molar-refractivity contribution < 1.29 is 18.6 Å². The summed E-state index contributed by atoms with van der Waals surface area (Å²) < 4.78 is 29.9. The summed E-state index contributed by atoms with van der Waals surface area (Å²) in [6, 6.07) is 78.9. The second-order valence-corrected chi connectivity index (χ2v) is 40.9. The molecular formula is C75H86As2N2O2+2. The molecule has 81 heavy (non-hydrogen) atoms. The maximum absolute atomic E-state index is 7.88. The fourth-order valence-electron chi connectivity index (χ4n) is 14.9. The summed E-state index contributed by atoms with van der Waals surface area (Å²) in [7, 11) is 0. The minimum absolute atomic E-state index is 0.305. The number of nitrogens with zero attached hydrogens (tertiary/aromatic N) is 2.